The third-order valence-electron chi connectivity index (χ3n) is 5.83. The van der Waals surface area contributed by atoms with Gasteiger partial charge in [0.2, 0.25) is 0 Å². The van der Waals surface area contributed by atoms with Crippen molar-refractivity contribution >= 4 is 23.8 Å². The first-order valence-corrected chi connectivity index (χ1v) is 10.4. The third-order valence-corrected chi connectivity index (χ3v) is 5.83. The molecule has 2 fully saturated rings. The third kappa shape index (κ3) is 3.48. The van der Waals surface area contributed by atoms with Crippen molar-refractivity contribution in [1.29, 1.82) is 0 Å². The number of hydrogen-bond acceptors (Lipinski definition) is 3. The van der Waals surface area contributed by atoms with Gasteiger partial charge in [-0.15, -0.1) is 0 Å². The van der Waals surface area contributed by atoms with Gasteiger partial charge in [-0.25, -0.2) is 4.79 Å². The first kappa shape index (κ1) is 19.1. The van der Waals surface area contributed by atoms with Crippen LogP contribution in [0, 0.1) is 0 Å². The van der Waals surface area contributed by atoms with Crippen molar-refractivity contribution in [2.24, 2.45) is 0 Å². The molecule has 2 amide bonds. The maximum atomic E-state index is 13.3. The van der Waals surface area contributed by atoms with E-state index in [-0.39, 0.29) is 24.6 Å². The highest BCUT2D eigenvalue weighted by Gasteiger charge is 2.55. The van der Waals surface area contributed by atoms with Crippen molar-refractivity contribution in [2.75, 3.05) is 11.5 Å². The predicted molar refractivity (Wildman–Crippen MR) is 119 cm³/mol. The predicted octanol–water partition coefficient (Wildman–Crippen LogP) is 4.68. The minimum atomic E-state index is -0.611. The normalized spacial score (nSPS) is 23.2. The van der Waals surface area contributed by atoms with Gasteiger partial charge in [0.15, 0.2) is 0 Å². The summed E-state index contributed by atoms with van der Waals surface area (Å²) in [4.78, 5) is 29.4. The van der Waals surface area contributed by atoms with Crippen molar-refractivity contribution < 1.29 is 14.3 Å². The maximum Gasteiger partial charge on any atom is 0.411 e. The molecule has 2 aliphatic heterocycles. The molecule has 0 saturated carbocycles. The van der Waals surface area contributed by atoms with Gasteiger partial charge >= 0.3 is 6.09 Å². The molecule has 31 heavy (non-hydrogen) atoms. The number of para-hydroxylation sites is 1. The molecular weight excluding hydrogens is 388 g/mol. The summed E-state index contributed by atoms with van der Waals surface area (Å²) >= 11 is 0. The highest BCUT2D eigenvalue weighted by molar-refractivity contribution is 6.08. The summed E-state index contributed by atoms with van der Waals surface area (Å²) in [5, 5.41) is 0. The maximum absolute atomic E-state index is 13.3. The quantitative estimate of drug-likeness (QED) is 0.574. The van der Waals surface area contributed by atoms with Crippen LogP contribution in [0.4, 0.5) is 10.5 Å². The van der Waals surface area contributed by atoms with E-state index in [2.05, 4.69) is 0 Å². The molecule has 0 bridgehead atoms. The summed E-state index contributed by atoms with van der Waals surface area (Å²) in [7, 11) is 0. The van der Waals surface area contributed by atoms with Crippen LogP contribution < -0.4 is 4.90 Å². The molecule has 0 spiro atoms. The van der Waals surface area contributed by atoms with Gasteiger partial charge < -0.3 is 9.64 Å². The van der Waals surface area contributed by atoms with Crippen LogP contribution in [0.2, 0.25) is 0 Å². The first-order chi connectivity index (χ1) is 15.2. The molecule has 0 radical (unpaired) electrons. The Morgan fingerprint density at radius 2 is 1.42 bits per heavy atom. The summed E-state index contributed by atoms with van der Waals surface area (Å²) < 4.78 is 5.38. The number of hydrogen-bond donors (Lipinski definition) is 0. The number of carbonyl (C=O) groups is 2. The van der Waals surface area contributed by atoms with Crippen molar-refractivity contribution in [3.63, 3.8) is 0 Å². The minimum absolute atomic E-state index is 0.103. The van der Waals surface area contributed by atoms with E-state index in [1.807, 2.05) is 103 Å². The van der Waals surface area contributed by atoms with Crippen LogP contribution in [0.5, 0.6) is 0 Å². The van der Waals surface area contributed by atoms with Crippen molar-refractivity contribution in [3.05, 3.63) is 108 Å². The summed E-state index contributed by atoms with van der Waals surface area (Å²) in [6.07, 6.45) is 3.55. The Morgan fingerprint density at radius 1 is 0.806 bits per heavy atom. The van der Waals surface area contributed by atoms with Crippen molar-refractivity contribution in [2.45, 2.75) is 18.1 Å². The van der Waals surface area contributed by atoms with Crippen molar-refractivity contribution in [3.8, 4) is 0 Å². The number of anilines is 1. The largest absolute Gasteiger partial charge is 0.447 e. The lowest BCUT2D eigenvalue weighted by atomic mass is 9.89. The highest BCUT2D eigenvalue weighted by atomic mass is 16.6. The number of nitrogens with zero attached hydrogens (tertiary/aromatic N) is 2. The lowest BCUT2D eigenvalue weighted by Crippen LogP contribution is -2.70. The van der Waals surface area contributed by atoms with Crippen LogP contribution in [0.3, 0.4) is 0 Å². The topological polar surface area (TPSA) is 49.9 Å². The van der Waals surface area contributed by atoms with Gasteiger partial charge in [0, 0.05) is 5.69 Å². The minimum Gasteiger partial charge on any atom is -0.447 e. The molecule has 0 unspecified atom stereocenters. The second-order valence-electron chi connectivity index (χ2n) is 7.66. The summed E-state index contributed by atoms with van der Waals surface area (Å²) in [6.45, 7) is 0.243. The molecular formula is C26H22N2O3. The monoisotopic (exact) mass is 410 g/mol. The van der Waals surface area contributed by atoms with Crippen LogP contribution in [0.25, 0.3) is 6.08 Å². The molecule has 3 aromatic rings. The van der Waals surface area contributed by atoms with Crippen LogP contribution >= 0.6 is 0 Å². The van der Waals surface area contributed by atoms with Crippen LogP contribution in [0.1, 0.15) is 17.2 Å². The number of ether oxygens (including phenoxy) is 1. The van der Waals surface area contributed by atoms with Crippen LogP contribution in [-0.4, -0.2) is 35.6 Å². The Bertz CT molecular complexity index is 1100. The zero-order chi connectivity index (χ0) is 21.2. The second kappa shape index (κ2) is 8.11. The number of β-lactam (4-membered cyclic amide) rings is 1. The lowest BCUT2D eigenvalue weighted by molar-refractivity contribution is -0.130. The van der Waals surface area contributed by atoms with Gasteiger partial charge in [-0.05, 0) is 23.3 Å². The molecule has 0 aromatic heterocycles. The fourth-order valence-electron chi connectivity index (χ4n) is 4.30. The molecule has 0 N–H and O–H groups in total. The molecule has 5 nitrogen and oxygen atoms in total. The van der Waals surface area contributed by atoms with Gasteiger partial charge in [0.1, 0.15) is 12.6 Å². The zero-order valence-electron chi connectivity index (χ0n) is 16.9. The van der Waals surface area contributed by atoms with E-state index in [4.69, 9.17) is 4.74 Å². The first-order valence-electron chi connectivity index (χ1n) is 10.4. The smallest absolute Gasteiger partial charge is 0.411 e. The Labute approximate surface area is 181 Å². The summed E-state index contributed by atoms with van der Waals surface area (Å²) in [5.74, 6) is -0.103. The average Bonchev–Trinajstić information content (AvgIpc) is 3.19. The van der Waals surface area contributed by atoms with E-state index in [0.717, 1.165) is 16.8 Å². The van der Waals surface area contributed by atoms with Gasteiger partial charge in [0.25, 0.3) is 5.91 Å². The standard InChI is InChI=1S/C26H22N2O3/c29-25-24(28-23(18-31-26(28)30)20-12-6-2-7-13-20)22(17-16-19-10-4-1-5-11-19)27(25)21-14-8-3-9-15-21/h1-17,22-24H,18H2/b17-16+/t22-,23-,24+/m0/s1. The lowest BCUT2D eigenvalue weighted by Gasteiger charge is -2.49. The van der Waals surface area contributed by atoms with E-state index in [1.165, 1.54) is 0 Å². The molecule has 2 aliphatic rings. The molecule has 3 atom stereocenters. The average molecular weight is 410 g/mol. The molecule has 3 aromatic carbocycles. The molecule has 154 valence electrons. The van der Waals surface area contributed by atoms with Gasteiger partial charge in [0.05, 0.1) is 12.1 Å². The SMILES string of the molecule is O=C1[C@H](N2C(=O)OC[C@H]2c2ccccc2)[C@H](/C=C/c2ccccc2)N1c1ccccc1. The Morgan fingerprint density at radius 3 is 2.10 bits per heavy atom. The van der Waals surface area contributed by atoms with E-state index in [9.17, 15) is 9.59 Å². The van der Waals surface area contributed by atoms with Gasteiger partial charge in [-0.3, -0.25) is 9.69 Å². The molecule has 0 aliphatic carbocycles. The molecule has 5 rings (SSSR count). The summed E-state index contributed by atoms with van der Waals surface area (Å²) in [5.41, 5.74) is 2.82. The Kier molecular flexibility index (Phi) is 5.00. The second-order valence-corrected chi connectivity index (χ2v) is 7.66. The van der Waals surface area contributed by atoms with Crippen LogP contribution in [-0.2, 0) is 9.53 Å². The fraction of sp³-hybridized carbons (Fsp3) is 0.154. The Hall–Kier alpha value is -3.86. The summed E-state index contributed by atoms with van der Waals surface area (Å²) in [6, 6.07) is 28.0. The molecule has 2 saturated heterocycles. The highest BCUT2D eigenvalue weighted by Crippen LogP contribution is 2.39. The number of amides is 2. The molecule has 2 heterocycles. The van der Waals surface area contributed by atoms with Gasteiger partial charge in [-0.1, -0.05) is 91.0 Å². The van der Waals surface area contributed by atoms with Crippen molar-refractivity contribution in [1.82, 2.24) is 4.90 Å². The van der Waals surface area contributed by atoms with Crippen LogP contribution in [0.15, 0.2) is 97.1 Å². The van der Waals surface area contributed by atoms with E-state index in [1.54, 1.807) is 9.80 Å². The van der Waals surface area contributed by atoms with E-state index in [0.29, 0.717) is 0 Å². The number of carbonyl (C=O) groups excluding carboxylic acids is 2. The number of benzene rings is 3. The number of rotatable bonds is 5. The van der Waals surface area contributed by atoms with E-state index < -0.39 is 12.1 Å². The Balaban J connectivity index is 1.50. The zero-order valence-corrected chi connectivity index (χ0v) is 16.9. The van der Waals surface area contributed by atoms with Gasteiger partial charge in [-0.2, -0.15) is 0 Å². The molecule has 5 heteroatoms. The fourth-order valence-corrected chi connectivity index (χ4v) is 4.30. The number of cyclic esters (lactones) is 1. The van der Waals surface area contributed by atoms with E-state index >= 15 is 0 Å².